The van der Waals surface area contributed by atoms with Gasteiger partial charge in [0.05, 0.1) is 12.6 Å². The Morgan fingerprint density at radius 1 is 1.11 bits per heavy atom. The number of hydrogen-bond donors (Lipinski definition) is 1. The lowest BCUT2D eigenvalue weighted by atomic mass is 9.90. The molecule has 0 radical (unpaired) electrons. The number of Topliss-reactive ketones (excluding diaryl/α,β-unsaturated/α-hetero) is 1. The first kappa shape index (κ1) is 13.5. The summed E-state index contributed by atoms with van der Waals surface area (Å²) in [6, 6.07) is 0.817. The maximum absolute atomic E-state index is 12.7. The summed E-state index contributed by atoms with van der Waals surface area (Å²) >= 11 is 0. The molecule has 0 aromatic carbocycles. The molecular weight excluding hydrogens is 240 g/mol. The van der Waals surface area contributed by atoms with E-state index in [0.717, 1.165) is 45.5 Å². The van der Waals surface area contributed by atoms with Crippen LogP contribution in [0.1, 0.15) is 38.5 Å². The van der Waals surface area contributed by atoms with Gasteiger partial charge in [-0.25, -0.2) is 0 Å². The van der Waals surface area contributed by atoms with Crippen molar-refractivity contribution in [3.63, 3.8) is 0 Å². The molecule has 4 nitrogen and oxygen atoms in total. The van der Waals surface area contributed by atoms with Crippen molar-refractivity contribution in [1.82, 2.24) is 10.2 Å². The van der Waals surface area contributed by atoms with E-state index in [1.807, 2.05) is 0 Å². The van der Waals surface area contributed by atoms with Gasteiger partial charge in [-0.05, 0) is 58.2 Å². The Morgan fingerprint density at radius 3 is 2.68 bits per heavy atom. The summed E-state index contributed by atoms with van der Waals surface area (Å²) in [4.78, 5) is 15.2. The normalized spacial score (nSPS) is 34.5. The first-order valence-electron chi connectivity index (χ1n) is 7.94. The smallest absolute Gasteiger partial charge is 0.155 e. The Labute approximate surface area is 115 Å². The summed E-state index contributed by atoms with van der Waals surface area (Å²) in [5, 5.41) is 3.41. The third-order valence-electron chi connectivity index (χ3n) is 4.96. The minimum Gasteiger partial charge on any atom is -0.381 e. The lowest BCUT2D eigenvalue weighted by Crippen LogP contribution is -2.49. The van der Waals surface area contributed by atoms with Crippen molar-refractivity contribution in [1.29, 1.82) is 0 Å². The number of ketones is 1. The molecule has 108 valence electrons. The molecule has 0 aliphatic carbocycles. The maximum Gasteiger partial charge on any atom is 0.155 e. The van der Waals surface area contributed by atoms with Gasteiger partial charge in [0, 0.05) is 18.6 Å². The zero-order valence-electron chi connectivity index (χ0n) is 11.8. The van der Waals surface area contributed by atoms with E-state index in [9.17, 15) is 4.79 Å². The molecule has 0 aromatic rings. The molecule has 0 aromatic heterocycles. The minimum atomic E-state index is 0.168. The molecule has 3 heterocycles. The second-order valence-corrected chi connectivity index (χ2v) is 6.19. The molecule has 1 N–H and O–H groups in total. The first-order chi connectivity index (χ1) is 9.36. The molecular formula is C15H26N2O2. The van der Waals surface area contributed by atoms with E-state index in [1.165, 1.54) is 19.3 Å². The van der Waals surface area contributed by atoms with Crippen LogP contribution in [-0.2, 0) is 9.53 Å². The fourth-order valence-corrected chi connectivity index (χ4v) is 3.91. The number of carbonyl (C=O) groups is 1. The van der Waals surface area contributed by atoms with Crippen molar-refractivity contribution >= 4 is 5.78 Å². The van der Waals surface area contributed by atoms with E-state index in [4.69, 9.17) is 4.74 Å². The van der Waals surface area contributed by atoms with Crippen LogP contribution >= 0.6 is 0 Å². The van der Waals surface area contributed by atoms with Gasteiger partial charge in [-0.2, -0.15) is 0 Å². The summed E-state index contributed by atoms with van der Waals surface area (Å²) in [5.74, 6) is 0.636. The predicted molar refractivity (Wildman–Crippen MR) is 74.2 cm³/mol. The van der Waals surface area contributed by atoms with Crippen LogP contribution in [0, 0.1) is 5.92 Å². The van der Waals surface area contributed by atoms with Crippen molar-refractivity contribution in [2.75, 3.05) is 32.8 Å². The highest BCUT2D eigenvalue weighted by atomic mass is 16.5. The monoisotopic (exact) mass is 266 g/mol. The average molecular weight is 266 g/mol. The molecule has 3 aliphatic heterocycles. The van der Waals surface area contributed by atoms with E-state index in [2.05, 4.69) is 10.2 Å². The third kappa shape index (κ3) is 3.01. The minimum absolute atomic E-state index is 0.168. The SMILES string of the molecule is O=C(C1CCCOC1)C1CCCN1C1CCNCC1. The van der Waals surface area contributed by atoms with Crippen molar-refractivity contribution < 1.29 is 9.53 Å². The Morgan fingerprint density at radius 2 is 1.95 bits per heavy atom. The highest BCUT2D eigenvalue weighted by Crippen LogP contribution is 2.28. The highest BCUT2D eigenvalue weighted by Gasteiger charge is 2.38. The molecule has 2 unspecified atom stereocenters. The Bertz CT molecular complexity index is 309. The number of hydrogen-bond acceptors (Lipinski definition) is 4. The number of carbonyl (C=O) groups excluding carboxylic acids is 1. The molecule has 0 bridgehead atoms. The number of nitrogens with zero attached hydrogens (tertiary/aromatic N) is 1. The zero-order chi connectivity index (χ0) is 13.1. The second kappa shape index (κ2) is 6.33. The van der Waals surface area contributed by atoms with Crippen LogP contribution < -0.4 is 5.32 Å². The van der Waals surface area contributed by atoms with Gasteiger partial charge >= 0.3 is 0 Å². The lowest BCUT2D eigenvalue weighted by molar-refractivity contribution is -0.132. The number of nitrogens with one attached hydrogen (secondary N) is 1. The topological polar surface area (TPSA) is 41.6 Å². The van der Waals surface area contributed by atoms with Gasteiger partial charge in [0.15, 0.2) is 5.78 Å². The Balaban J connectivity index is 1.62. The second-order valence-electron chi connectivity index (χ2n) is 6.19. The molecule has 3 saturated heterocycles. The van der Waals surface area contributed by atoms with Crippen molar-refractivity contribution in [2.24, 2.45) is 5.92 Å². The van der Waals surface area contributed by atoms with Gasteiger partial charge in [0.2, 0.25) is 0 Å². The maximum atomic E-state index is 12.7. The molecule has 3 rings (SSSR count). The largest absolute Gasteiger partial charge is 0.381 e. The number of rotatable bonds is 3. The van der Waals surface area contributed by atoms with Gasteiger partial charge in [-0.3, -0.25) is 9.69 Å². The molecule has 2 atom stereocenters. The van der Waals surface area contributed by atoms with Crippen LogP contribution in [0.3, 0.4) is 0 Å². The molecule has 19 heavy (non-hydrogen) atoms. The fraction of sp³-hybridized carbons (Fsp3) is 0.933. The molecule has 3 aliphatic rings. The van der Waals surface area contributed by atoms with E-state index >= 15 is 0 Å². The summed E-state index contributed by atoms with van der Waals surface area (Å²) in [7, 11) is 0. The molecule has 3 fully saturated rings. The van der Waals surface area contributed by atoms with Crippen LogP contribution in [0.4, 0.5) is 0 Å². The van der Waals surface area contributed by atoms with Crippen LogP contribution in [-0.4, -0.2) is 55.6 Å². The van der Waals surface area contributed by atoms with Gasteiger partial charge in [-0.15, -0.1) is 0 Å². The van der Waals surface area contributed by atoms with Crippen LogP contribution in [0.15, 0.2) is 0 Å². The van der Waals surface area contributed by atoms with E-state index in [-0.39, 0.29) is 12.0 Å². The standard InChI is InChI=1S/C15H26N2O2/c18-15(12-3-2-10-19-11-12)14-4-1-9-17(14)13-5-7-16-8-6-13/h12-14,16H,1-11H2. The first-order valence-corrected chi connectivity index (χ1v) is 7.94. The Kier molecular flexibility index (Phi) is 4.51. The van der Waals surface area contributed by atoms with Crippen molar-refractivity contribution in [3.05, 3.63) is 0 Å². The molecule has 0 spiro atoms. The quantitative estimate of drug-likeness (QED) is 0.833. The lowest BCUT2D eigenvalue weighted by Gasteiger charge is -2.36. The summed E-state index contributed by atoms with van der Waals surface area (Å²) in [5.41, 5.74) is 0. The third-order valence-corrected chi connectivity index (χ3v) is 4.96. The zero-order valence-corrected chi connectivity index (χ0v) is 11.8. The van der Waals surface area contributed by atoms with E-state index < -0.39 is 0 Å². The number of likely N-dealkylation sites (tertiary alicyclic amines) is 1. The summed E-state index contributed by atoms with van der Waals surface area (Å²) < 4.78 is 5.49. The van der Waals surface area contributed by atoms with Gasteiger partial charge in [0.25, 0.3) is 0 Å². The molecule has 4 heteroatoms. The molecule has 0 amide bonds. The van der Waals surface area contributed by atoms with E-state index in [0.29, 0.717) is 18.4 Å². The van der Waals surface area contributed by atoms with Crippen molar-refractivity contribution in [3.8, 4) is 0 Å². The van der Waals surface area contributed by atoms with Gasteiger partial charge in [-0.1, -0.05) is 0 Å². The molecule has 0 saturated carbocycles. The average Bonchev–Trinajstić information content (AvgIpc) is 2.98. The highest BCUT2D eigenvalue weighted by molar-refractivity contribution is 5.86. The van der Waals surface area contributed by atoms with Crippen LogP contribution in [0.25, 0.3) is 0 Å². The number of ether oxygens (including phenoxy) is 1. The number of piperidine rings is 1. The predicted octanol–water partition coefficient (Wildman–Crippen LogP) is 1.20. The Hall–Kier alpha value is -0.450. The van der Waals surface area contributed by atoms with Gasteiger partial charge in [0.1, 0.15) is 0 Å². The van der Waals surface area contributed by atoms with Crippen molar-refractivity contribution in [2.45, 2.75) is 50.6 Å². The van der Waals surface area contributed by atoms with Crippen LogP contribution in [0.2, 0.25) is 0 Å². The van der Waals surface area contributed by atoms with Gasteiger partial charge < -0.3 is 10.1 Å². The van der Waals surface area contributed by atoms with E-state index in [1.54, 1.807) is 0 Å². The summed E-state index contributed by atoms with van der Waals surface area (Å²) in [6.45, 7) is 4.83. The summed E-state index contributed by atoms with van der Waals surface area (Å²) in [6.07, 6.45) is 6.74. The van der Waals surface area contributed by atoms with Crippen LogP contribution in [0.5, 0.6) is 0 Å². The fourth-order valence-electron chi connectivity index (χ4n) is 3.91.